The minimum atomic E-state index is -4.57. The molecular formula is C13H13F3N2O2S. The average Bonchev–Trinajstić information content (AvgIpc) is 2.77. The third-order valence-electron chi connectivity index (χ3n) is 2.98. The second-order valence-corrected chi connectivity index (χ2v) is 5.43. The van der Waals surface area contributed by atoms with Gasteiger partial charge in [-0.05, 0) is 36.6 Å². The van der Waals surface area contributed by atoms with Crippen LogP contribution in [0, 0.1) is 0 Å². The molecule has 0 bridgehead atoms. The van der Waals surface area contributed by atoms with E-state index in [9.17, 15) is 18.0 Å². The SMILES string of the molecule is CSCCCn1c(C(F)(F)F)nc2cc(C(=O)O)ccc21. The lowest BCUT2D eigenvalue weighted by molar-refractivity contribution is -0.146. The number of carboxylic acids is 1. The second-order valence-electron chi connectivity index (χ2n) is 4.44. The molecule has 0 saturated heterocycles. The van der Waals surface area contributed by atoms with Gasteiger partial charge in [0.1, 0.15) is 0 Å². The van der Waals surface area contributed by atoms with Crippen LogP contribution in [0.15, 0.2) is 18.2 Å². The summed E-state index contributed by atoms with van der Waals surface area (Å²) >= 11 is 1.56. The summed E-state index contributed by atoms with van der Waals surface area (Å²) < 4.78 is 40.3. The minimum Gasteiger partial charge on any atom is -0.478 e. The van der Waals surface area contributed by atoms with Gasteiger partial charge in [-0.1, -0.05) is 0 Å². The van der Waals surface area contributed by atoms with E-state index in [1.807, 2.05) is 6.26 Å². The fourth-order valence-corrected chi connectivity index (χ4v) is 2.49. The molecule has 1 aromatic heterocycles. The van der Waals surface area contributed by atoms with Crippen molar-refractivity contribution in [1.82, 2.24) is 9.55 Å². The molecule has 21 heavy (non-hydrogen) atoms. The molecule has 1 heterocycles. The van der Waals surface area contributed by atoms with E-state index >= 15 is 0 Å². The molecule has 8 heteroatoms. The third kappa shape index (κ3) is 3.31. The van der Waals surface area contributed by atoms with Crippen LogP contribution in [0.25, 0.3) is 11.0 Å². The van der Waals surface area contributed by atoms with Crippen molar-refractivity contribution < 1.29 is 23.1 Å². The molecule has 1 aromatic carbocycles. The van der Waals surface area contributed by atoms with Crippen LogP contribution in [-0.2, 0) is 12.7 Å². The van der Waals surface area contributed by atoms with Crippen LogP contribution >= 0.6 is 11.8 Å². The summed E-state index contributed by atoms with van der Waals surface area (Å²) in [5.74, 6) is -1.44. The molecule has 0 aliphatic carbocycles. The van der Waals surface area contributed by atoms with Gasteiger partial charge in [0.05, 0.1) is 16.6 Å². The molecule has 2 rings (SSSR count). The van der Waals surface area contributed by atoms with Crippen molar-refractivity contribution in [2.45, 2.75) is 19.1 Å². The number of aromatic nitrogens is 2. The standard InChI is InChI=1S/C13H13F3N2O2S/c1-21-6-2-5-18-10-4-3-8(11(19)20)7-9(10)17-12(18)13(14,15)16/h3-4,7H,2,5-6H2,1H3,(H,19,20). The predicted octanol–water partition coefficient (Wildman–Crippen LogP) is 3.51. The Bertz CT molecular complexity index is 667. The van der Waals surface area contributed by atoms with Gasteiger partial charge in [-0.2, -0.15) is 24.9 Å². The molecule has 0 radical (unpaired) electrons. The predicted molar refractivity (Wildman–Crippen MR) is 74.7 cm³/mol. The number of fused-ring (bicyclic) bond motifs is 1. The van der Waals surface area contributed by atoms with E-state index in [2.05, 4.69) is 4.98 Å². The van der Waals surface area contributed by atoms with Gasteiger partial charge in [0.2, 0.25) is 5.82 Å². The number of hydrogen-bond donors (Lipinski definition) is 1. The number of nitrogens with zero attached hydrogens (tertiary/aromatic N) is 2. The molecule has 4 nitrogen and oxygen atoms in total. The fourth-order valence-electron chi connectivity index (χ4n) is 2.07. The smallest absolute Gasteiger partial charge is 0.449 e. The highest BCUT2D eigenvalue weighted by molar-refractivity contribution is 7.98. The van der Waals surface area contributed by atoms with Crippen LogP contribution in [0.4, 0.5) is 13.2 Å². The van der Waals surface area contributed by atoms with Crippen LogP contribution in [0.1, 0.15) is 22.6 Å². The maximum atomic E-state index is 13.1. The molecule has 0 amide bonds. The number of rotatable bonds is 5. The number of aromatic carboxylic acids is 1. The summed E-state index contributed by atoms with van der Waals surface area (Å²) in [5, 5.41) is 8.89. The number of carbonyl (C=O) groups is 1. The monoisotopic (exact) mass is 318 g/mol. The van der Waals surface area contributed by atoms with Crippen LogP contribution in [0.5, 0.6) is 0 Å². The molecule has 0 fully saturated rings. The third-order valence-corrected chi connectivity index (χ3v) is 3.68. The Hall–Kier alpha value is -1.70. The Morgan fingerprint density at radius 2 is 2.14 bits per heavy atom. The number of halogens is 3. The van der Waals surface area contributed by atoms with Gasteiger partial charge in [-0.25, -0.2) is 9.78 Å². The quantitative estimate of drug-likeness (QED) is 0.857. The zero-order valence-electron chi connectivity index (χ0n) is 11.1. The van der Waals surface area contributed by atoms with Crippen molar-refractivity contribution in [1.29, 1.82) is 0 Å². The molecule has 0 atom stereocenters. The highest BCUT2D eigenvalue weighted by Crippen LogP contribution is 2.32. The Labute approximate surface area is 123 Å². The zero-order valence-corrected chi connectivity index (χ0v) is 12.0. The number of benzene rings is 1. The van der Waals surface area contributed by atoms with Crippen LogP contribution in [0.2, 0.25) is 0 Å². The molecule has 0 unspecified atom stereocenters. The topological polar surface area (TPSA) is 55.1 Å². The molecular weight excluding hydrogens is 305 g/mol. The van der Waals surface area contributed by atoms with Gasteiger partial charge in [0, 0.05) is 6.54 Å². The van der Waals surface area contributed by atoms with E-state index in [4.69, 9.17) is 5.11 Å². The maximum Gasteiger partial charge on any atom is 0.449 e. The van der Waals surface area contributed by atoms with Gasteiger partial charge in [-0.15, -0.1) is 0 Å². The van der Waals surface area contributed by atoms with Gasteiger partial charge >= 0.3 is 12.1 Å². The summed E-state index contributed by atoms with van der Waals surface area (Å²) in [6.07, 6.45) is -2.10. The van der Waals surface area contributed by atoms with Crippen LogP contribution in [-0.4, -0.2) is 32.6 Å². The Balaban J connectivity index is 2.53. The highest BCUT2D eigenvalue weighted by Gasteiger charge is 2.37. The average molecular weight is 318 g/mol. The summed E-state index contributed by atoms with van der Waals surface area (Å²) in [6, 6.07) is 3.83. The van der Waals surface area contributed by atoms with E-state index in [-0.39, 0.29) is 17.6 Å². The number of hydrogen-bond acceptors (Lipinski definition) is 3. The number of alkyl halides is 3. The number of thioether (sulfide) groups is 1. The second kappa shape index (κ2) is 5.97. The molecule has 114 valence electrons. The Morgan fingerprint density at radius 1 is 1.43 bits per heavy atom. The summed E-state index contributed by atoms with van der Waals surface area (Å²) in [7, 11) is 0. The van der Waals surface area contributed by atoms with E-state index in [0.717, 1.165) is 16.4 Å². The molecule has 0 saturated carbocycles. The number of aryl methyl sites for hydroxylation is 1. The first kappa shape index (κ1) is 15.7. The first-order valence-corrected chi connectivity index (χ1v) is 7.53. The molecule has 1 N–H and O–H groups in total. The molecule has 0 spiro atoms. The summed E-state index contributed by atoms with van der Waals surface area (Å²) in [6.45, 7) is 0.193. The largest absolute Gasteiger partial charge is 0.478 e. The first-order chi connectivity index (χ1) is 9.84. The first-order valence-electron chi connectivity index (χ1n) is 6.14. The molecule has 0 aliphatic heterocycles. The van der Waals surface area contributed by atoms with E-state index in [0.29, 0.717) is 11.9 Å². The van der Waals surface area contributed by atoms with Gasteiger partial charge < -0.3 is 9.67 Å². The van der Waals surface area contributed by atoms with Crippen LogP contribution in [0.3, 0.4) is 0 Å². The highest BCUT2D eigenvalue weighted by atomic mass is 32.2. The van der Waals surface area contributed by atoms with Crippen molar-refractivity contribution in [2.24, 2.45) is 0 Å². The maximum absolute atomic E-state index is 13.1. The van der Waals surface area contributed by atoms with Crippen LogP contribution < -0.4 is 0 Å². The summed E-state index contributed by atoms with van der Waals surface area (Å²) in [5.41, 5.74) is 0.268. The van der Waals surface area contributed by atoms with E-state index in [1.165, 1.54) is 12.1 Å². The lowest BCUT2D eigenvalue weighted by Gasteiger charge is -2.10. The van der Waals surface area contributed by atoms with Gasteiger partial charge in [0.15, 0.2) is 0 Å². The fraction of sp³-hybridized carbons (Fsp3) is 0.385. The lowest BCUT2D eigenvalue weighted by Crippen LogP contribution is -2.15. The minimum absolute atomic E-state index is 0.0476. The Kier molecular flexibility index (Phi) is 4.46. The molecule has 2 aromatic rings. The van der Waals surface area contributed by atoms with Crippen molar-refractivity contribution >= 4 is 28.8 Å². The van der Waals surface area contributed by atoms with Gasteiger partial charge in [-0.3, -0.25) is 0 Å². The number of imidazole rings is 1. The van der Waals surface area contributed by atoms with Crippen molar-refractivity contribution in [2.75, 3.05) is 12.0 Å². The number of carboxylic acid groups (broad SMARTS) is 1. The van der Waals surface area contributed by atoms with Crippen molar-refractivity contribution in [3.8, 4) is 0 Å². The van der Waals surface area contributed by atoms with Crippen molar-refractivity contribution in [3.05, 3.63) is 29.6 Å². The zero-order chi connectivity index (χ0) is 15.6. The van der Waals surface area contributed by atoms with Gasteiger partial charge in [0.25, 0.3) is 0 Å². The normalized spacial score (nSPS) is 12.0. The van der Waals surface area contributed by atoms with Crippen molar-refractivity contribution in [3.63, 3.8) is 0 Å². The van der Waals surface area contributed by atoms with E-state index in [1.54, 1.807) is 11.8 Å². The van der Waals surface area contributed by atoms with E-state index < -0.39 is 18.0 Å². The molecule has 0 aliphatic rings. The Morgan fingerprint density at radius 3 is 2.71 bits per heavy atom. The lowest BCUT2D eigenvalue weighted by atomic mass is 10.2. The summed E-state index contributed by atoms with van der Waals surface area (Å²) in [4.78, 5) is 14.5.